The fraction of sp³-hybridized carbons (Fsp3) is 0.500. The Morgan fingerprint density at radius 2 is 2.22 bits per heavy atom. The second-order valence-corrected chi connectivity index (χ2v) is 4.72. The van der Waals surface area contributed by atoms with Gasteiger partial charge in [-0.2, -0.15) is 0 Å². The molecule has 0 spiro atoms. The number of nitrogens with one attached hydrogen (secondary N) is 3. The van der Waals surface area contributed by atoms with E-state index in [0.29, 0.717) is 5.92 Å². The van der Waals surface area contributed by atoms with Gasteiger partial charge in [0.1, 0.15) is 0 Å². The quantitative estimate of drug-likeness (QED) is 0.699. The molecular weight excluding hydrogens is 224 g/mol. The van der Waals surface area contributed by atoms with Crippen molar-refractivity contribution >= 4 is 11.0 Å². The molecule has 2 aromatic rings. The van der Waals surface area contributed by atoms with Gasteiger partial charge in [0.15, 0.2) is 0 Å². The lowest BCUT2D eigenvalue weighted by atomic mass is 10.1. The molecule has 1 aromatic carbocycles. The normalized spacial score (nSPS) is 13.0. The molecule has 0 fully saturated rings. The van der Waals surface area contributed by atoms with Crippen molar-refractivity contribution < 1.29 is 0 Å². The first-order chi connectivity index (χ1) is 8.83. The third-order valence-corrected chi connectivity index (χ3v) is 3.32. The van der Waals surface area contributed by atoms with E-state index in [0.717, 1.165) is 30.7 Å². The zero-order valence-corrected chi connectivity index (χ0v) is 11.2. The van der Waals surface area contributed by atoms with Crippen molar-refractivity contribution in [3.8, 4) is 0 Å². The van der Waals surface area contributed by atoms with Gasteiger partial charge in [0.25, 0.3) is 0 Å². The summed E-state index contributed by atoms with van der Waals surface area (Å²) in [6, 6.07) is 6.36. The molecule has 1 aromatic heterocycles. The highest BCUT2D eigenvalue weighted by Gasteiger charge is 2.04. The molecule has 0 aliphatic heterocycles. The van der Waals surface area contributed by atoms with Crippen LogP contribution >= 0.6 is 0 Å². The summed E-state index contributed by atoms with van der Waals surface area (Å²) in [7, 11) is 2.01. The van der Waals surface area contributed by atoms with Crippen LogP contribution in [0.15, 0.2) is 24.5 Å². The number of hydrogen-bond donors (Lipinski definition) is 3. The minimum atomic E-state index is 0.700. The van der Waals surface area contributed by atoms with Crippen LogP contribution in [0.4, 0.5) is 0 Å². The summed E-state index contributed by atoms with van der Waals surface area (Å²) in [5, 5.41) is 6.75. The zero-order valence-electron chi connectivity index (χ0n) is 11.2. The van der Waals surface area contributed by atoms with Gasteiger partial charge in [0.2, 0.25) is 0 Å². The number of H-pyrrole nitrogens is 1. The lowest BCUT2D eigenvalue weighted by molar-refractivity contribution is 0.445. The van der Waals surface area contributed by atoms with Gasteiger partial charge in [-0.1, -0.05) is 19.4 Å². The molecule has 18 heavy (non-hydrogen) atoms. The van der Waals surface area contributed by atoms with Crippen LogP contribution in [0.2, 0.25) is 0 Å². The molecule has 0 amide bonds. The molecule has 0 saturated carbocycles. The highest BCUT2D eigenvalue weighted by Crippen LogP contribution is 2.11. The Hall–Kier alpha value is -1.39. The largest absolute Gasteiger partial charge is 0.345 e. The fourth-order valence-corrected chi connectivity index (χ4v) is 2.16. The zero-order chi connectivity index (χ0) is 12.8. The Balaban J connectivity index is 1.85. The molecule has 1 heterocycles. The highest BCUT2D eigenvalue weighted by molar-refractivity contribution is 5.74. The molecule has 4 heteroatoms. The van der Waals surface area contributed by atoms with Gasteiger partial charge in [0, 0.05) is 6.54 Å². The average molecular weight is 246 g/mol. The Morgan fingerprint density at radius 1 is 1.33 bits per heavy atom. The van der Waals surface area contributed by atoms with Gasteiger partial charge in [-0.3, -0.25) is 0 Å². The number of hydrogen-bond acceptors (Lipinski definition) is 3. The molecule has 0 saturated heterocycles. The van der Waals surface area contributed by atoms with E-state index >= 15 is 0 Å². The van der Waals surface area contributed by atoms with E-state index < -0.39 is 0 Å². The van der Waals surface area contributed by atoms with Gasteiger partial charge in [-0.25, -0.2) is 4.98 Å². The number of aromatic amines is 1. The first-order valence-electron chi connectivity index (χ1n) is 6.60. The average Bonchev–Trinajstić information content (AvgIpc) is 2.85. The van der Waals surface area contributed by atoms with Crippen LogP contribution in [-0.4, -0.2) is 30.1 Å². The van der Waals surface area contributed by atoms with Gasteiger partial charge in [-0.15, -0.1) is 0 Å². The van der Waals surface area contributed by atoms with Crippen molar-refractivity contribution in [2.24, 2.45) is 5.92 Å². The second-order valence-electron chi connectivity index (χ2n) is 4.72. The number of rotatable bonds is 7. The number of nitrogens with zero attached hydrogens (tertiary/aromatic N) is 1. The van der Waals surface area contributed by atoms with E-state index in [9.17, 15) is 0 Å². The third-order valence-electron chi connectivity index (χ3n) is 3.32. The van der Waals surface area contributed by atoms with E-state index in [1.54, 1.807) is 6.33 Å². The van der Waals surface area contributed by atoms with E-state index in [4.69, 9.17) is 0 Å². The van der Waals surface area contributed by atoms with Gasteiger partial charge in [-0.05, 0) is 43.8 Å². The second kappa shape index (κ2) is 6.52. The minimum Gasteiger partial charge on any atom is -0.345 e. The first kappa shape index (κ1) is 13.1. The van der Waals surface area contributed by atoms with Crippen molar-refractivity contribution in [2.75, 3.05) is 20.1 Å². The summed E-state index contributed by atoms with van der Waals surface area (Å²) in [6.07, 6.45) is 2.94. The predicted octanol–water partition coefficient (Wildman–Crippen LogP) is 1.90. The predicted molar refractivity (Wildman–Crippen MR) is 75.5 cm³/mol. The van der Waals surface area contributed by atoms with E-state index in [1.807, 2.05) is 7.05 Å². The Bertz CT molecular complexity index is 477. The Labute approximate surface area is 108 Å². The topological polar surface area (TPSA) is 52.7 Å². The summed E-state index contributed by atoms with van der Waals surface area (Å²) >= 11 is 0. The molecule has 1 atom stereocenters. The van der Waals surface area contributed by atoms with Crippen molar-refractivity contribution in [2.45, 2.75) is 19.9 Å². The van der Waals surface area contributed by atoms with Crippen LogP contribution in [0.25, 0.3) is 11.0 Å². The molecule has 2 rings (SSSR count). The molecule has 3 N–H and O–H groups in total. The molecule has 0 radical (unpaired) electrons. The van der Waals surface area contributed by atoms with Gasteiger partial charge < -0.3 is 15.6 Å². The molecule has 0 bridgehead atoms. The number of benzene rings is 1. The van der Waals surface area contributed by atoms with Crippen molar-refractivity contribution in [1.29, 1.82) is 0 Å². The maximum absolute atomic E-state index is 4.22. The lowest BCUT2D eigenvalue weighted by Crippen LogP contribution is -2.29. The molecule has 4 nitrogen and oxygen atoms in total. The summed E-state index contributed by atoms with van der Waals surface area (Å²) < 4.78 is 0. The van der Waals surface area contributed by atoms with Gasteiger partial charge in [0.05, 0.1) is 17.4 Å². The smallest absolute Gasteiger partial charge is 0.0931 e. The van der Waals surface area contributed by atoms with Crippen LogP contribution < -0.4 is 10.6 Å². The van der Waals surface area contributed by atoms with E-state index in [2.05, 4.69) is 45.7 Å². The lowest BCUT2D eigenvalue weighted by Gasteiger charge is -2.15. The number of fused-ring (bicyclic) bond motifs is 1. The van der Waals surface area contributed by atoms with Crippen LogP contribution in [0.3, 0.4) is 0 Å². The first-order valence-corrected chi connectivity index (χ1v) is 6.60. The van der Waals surface area contributed by atoms with Crippen molar-refractivity contribution in [3.05, 3.63) is 30.1 Å². The third kappa shape index (κ3) is 3.31. The van der Waals surface area contributed by atoms with Crippen LogP contribution in [0, 0.1) is 5.92 Å². The van der Waals surface area contributed by atoms with Crippen molar-refractivity contribution in [3.63, 3.8) is 0 Å². The maximum Gasteiger partial charge on any atom is 0.0931 e. The van der Waals surface area contributed by atoms with Crippen LogP contribution in [0.5, 0.6) is 0 Å². The number of aromatic nitrogens is 2. The summed E-state index contributed by atoms with van der Waals surface area (Å²) in [4.78, 5) is 7.36. The molecule has 98 valence electrons. The fourth-order valence-electron chi connectivity index (χ4n) is 2.16. The van der Waals surface area contributed by atoms with Crippen LogP contribution in [-0.2, 0) is 6.54 Å². The number of imidazole rings is 1. The van der Waals surface area contributed by atoms with E-state index in [-0.39, 0.29) is 0 Å². The van der Waals surface area contributed by atoms with Crippen LogP contribution in [0.1, 0.15) is 18.9 Å². The summed E-state index contributed by atoms with van der Waals surface area (Å²) in [6.45, 7) is 5.27. The molecule has 0 aliphatic rings. The molecule has 1 unspecified atom stereocenters. The standard InChI is InChI=1S/C14H22N4/c1-3-11(7-15-2)8-16-9-12-4-5-13-14(6-12)18-10-17-13/h4-6,10-11,15-16H,3,7-9H2,1-2H3,(H,17,18). The maximum atomic E-state index is 4.22. The minimum absolute atomic E-state index is 0.700. The molecule has 0 aliphatic carbocycles. The van der Waals surface area contributed by atoms with Gasteiger partial charge >= 0.3 is 0 Å². The molecular formula is C14H22N4. The monoisotopic (exact) mass is 246 g/mol. The van der Waals surface area contributed by atoms with E-state index in [1.165, 1.54) is 12.0 Å². The highest BCUT2D eigenvalue weighted by atomic mass is 14.9. The van der Waals surface area contributed by atoms with Crippen molar-refractivity contribution in [1.82, 2.24) is 20.6 Å². The SMILES string of the molecule is CCC(CNC)CNCc1ccc2nc[nH]c2c1. The summed E-state index contributed by atoms with van der Waals surface area (Å²) in [5.74, 6) is 0.700. The summed E-state index contributed by atoms with van der Waals surface area (Å²) in [5.41, 5.74) is 3.43. The Kier molecular flexibility index (Phi) is 4.73. The Morgan fingerprint density at radius 3 is 3.00 bits per heavy atom.